The zero-order valence-electron chi connectivity index (χ0n) is 32.7. The number of piperidine rings is 4. The number of unbranched alkanes of at least 4 members (excludes halogenated alkanes) is 2. The molecule has 12 heteroatoms. The van der Waals surface area contributed by atoms with E-state index >= 15 is 0 Å². The predicted octanol–water partition coefficient (Wildman–Crippen LogP) is 6.65. The zero-order chi connectivity index (χ0) is 40.1. The molecule has 2 atom stereocenters. The molecular formula is C46H52N4O7S. The van der Waals surface area contributed by atoms with Gasteiger partial charge >= 0.3 is 5.97 Å². The fourth-order valence-corrected chi connectivity index (χ4v) is 9.63. The summed E-state index contributed by atoms with van der Waals surface area (Å²) in [6, 6.07) is 23.9. The third kappa shape index (κ3) is 8.56. The average molecular weight is 805 g/mol. The number of hydrogen-bond acceptors (Lipinski definition) is 10. The van der Waals surface area contributed by atoms with Crippen LogP contribution < -0.4 is 15.6 Å². The van der Waals surface area contributed by atoms with Gasteiger partial charge in [0.1, 0.15) is 17.6 Å². The number of nitrogens with zero attached hydrogens (tertiary/aromatic N) is 2. The molecule has 0 saturated carbocycles. The van der Waals surface area contributed by atoms with E-state index in [0.717, 1.165) is 74.2 Å². The molecule has 4 fully saturated rings. The molecule has 4 aliphatic heterocycles. The zero-order valence-corrected chi connectivity index (χ0v) is 33.6. The van der Waals surface area contributed by atoms with Crippen LogP contribution in [0.15, 0.2) is 94.4 Å². The Morgan fingerprint density at radius 2 is 1.76 bits per heavy atom. The van der Waals surface area contributed by atoms with Crippen molar-refractivity contribution in [2.45, 2.75) is 62.6 Å². The van der Waals surface area contributed by atoms with Gasteiger partial charge in [-0.15, -0.1) is 0 Å². The molecule has 2 aromatic heterocycles. The van der Waals surface area contributed by atoms with Crippen molar-refractivity contribution in [3.63, 3.8) is 0 Å². The van der Waals surface area contributed by atoms with Crippen molar-refractivity contribution in [2.75, 3.05) is 52.4 Å². The summed E-state index contributed by atoms with van der Waals surface area (Å²) in [7, 11) is 0. The highest BCUT2D eigenvalue weighted by atomic mass is 32.1. The minimum absolute atomic E-state index is 0.0332. The molecule has 11 nitrogen and oxygen atoms in total. The summed E-state index contributed by atoms with van der Waals surface area (Å²) in [5, 5.41) is 29.0. The number of phenolic OH excluding ortho intramolecular Hbond substituents is 1. The minimum atomic E-state index is -0.802. The van der Waals surface area contributed by atoms with E-state index in [2.05, 4.69) is 20.6 Å². The molecule has 0 radical (unpaired) electrons. The number of aromatic nitrogens is 1. The lowest BCUT2D eigenvalue weighted by atomic mass is 9.72. The van der Waals surface area contributed by atoms with Crippen LogP contribution >= 0.6 is 11.3 Å². The molecule has 58 heavy (non-hydrogen) atoms. The molecule has 0 aliphatic carbocycles. The van der Waals surface area contributed by atoms with E-state index in [1.807, 2.05) is 64.9 Å². The smallest absolute Gasteiger partial charge is 0.317 e. The highest BCUT2D eigenvalue weighted by Crippen LogP contribution is 2.40. The summed E-state index contributed by atoms with van der Waals surface area (Å²) in [5.74, 6) is 0.922. The number of aromatic hydroxyl groups is 1. The Labute approximate surface area is 342 Å². The van der Waals surface area contributed by atoms with E-state index in [-0.39, 0.29) is 29.3 Å². The van der Waals surface area contributed by atoms with E-state index in [0.29, 0.717) is 73.6 Å². The van der Waals surface area contributed by atoms with Crippen molar-refractivity contribution in [3.05, 3.63) is 117 Å². The summed E-state index contributed by atoms with van der Waals surface area (Å²) in [4.78, 5) is 46.8. The van der Waals surface area contributed by atoms with Crippen LogP contribution in [0, 0.1) is 5.92 Å². The second-order valence-corrected chi connectivity index (χ2v) is 16.7. The van der Waals surface area contributed by atoms with Gasteiger partial charge in [0.2, 0.25) is 5.56 Å². The normalized spacial score (nSPS) is 20.5. The van der Waals surface area contributed by atoms with Gasteiger partial charge in [-0.05, 0) is 134 Å². The van der Waals surface area contributed by atoms with Crippen LogP contribution in [0.25, 0.3) is 22.0 Å². The number of rotatable bonds is 15. The first-order chi connectivity index (χ1) is 28.3. The van der Waals surface area contributed by atoms with Crippen LogP contribution in [-0.4, -0.2) is 95.4 Å². The third-order valence-corrected chi connectivity index (χ3v) is 13.1. The van der Waals surface area contributed by atoms with Gasteiger partial charge in [0, 0.05) is 48.8 Å². The Morgan fingerprint density at radius 3 is 2.50 bits per heavy atom. The fraction of sp³-hybridized carbons (Fsp3) is 0.413. The predicted molar refractivity (Wildman–Crippen MR) is 225 cm³/mol. The van der Waals surface area contributed by atoms with Crippen molar-refractivity contribution in [1.82, 2.24) is 20.1 Å². The molecule has 2 bridgehead atoms. The highest BCUT2D eigenvalue weighted by Gasteiger charge is 2.47. The van der Waals surface area contributed by atoms with Crippen molar-refractivity contribution < 1.29 is 29.3 Å². The first-order valence-corrected chi connectivity index (χ1v) is 21.5. The Bertz CT molecular complexity index is 2250. The van der Waals surface area contributed by atoms with Crippen molar-refractivity contribution in [1.29, 1.82) is 0 Å². The lowest BCUT2D eigenvalue weighted by Crippen LogP contribution is -2.55. The quantitative estimate of drug-likeness (QED) is 0.0676. The van der Waals surface area contributed by atoms with E-state index in [1.165, 1.54) is 12.1 Å². The Hall–Kier alpha value is -5.01. The van der Waals surface area contributed by atoms with Crippen LogP contribution in [0.1, 0.15) is 72.5 Å². The Balaban J connectivity index is 0.843. The monoisotopic (exact) mass is 804 g/mol. The molecule has 304 valence electrons. The lowest BCUT2D eigenvalue weighted by Gasteiger charge is -2.46. The molecular weight excluding hydrogens is 753 g/mol. The van der Waals surface area contributed by atoms with Gasteiger partial charge in [-0.25, -0.2) is 0 Å². The maximum atomic E-state index is 14.1. The molecule has 4 saturated heterocycles. The number of ether oxygens (including phenoxy) is 2. The number of aliphatic hydroxyl groups excluding tert-OH is 1. The van der Waals surface area contributed by atoms with E-state index in [4.69, 9.17) is 9.47 Å². The van der Waals surface area contributed by atoms with Crippen LogP contribution in [-0.2, 0) is 14.9 Å². The van der Waals surface area contributed by atoms with Gasteiger partial charge < -0.3 is 34.9 Å². The molecule has 4 N–H and O–H groups in total. The molecule has 2 unspecified atom stereocenters. The largest absolute Gasteiger partial charge is 0.506 e. The maximum Gasteiger partial charge on any atom is 0.317 e. The summed E-state index contributed by atoms with van der Waals surface area (Å²) < 4.78 is 12.7. The van der Waals surface area contributed by atoms with Gasteiger partial charge in [-0.1, -0.05) is 36.4 Å². The number of amides is 1. The van der Waals surface area contributed by atoms with E-state index in [1.54, 1.807) is 23.5 Å². The van der Waals surface area contributed by atoms with Crippen LogP contribution in [0.2, 0.25) is 0 Å². The number of thiophene rings is 1. The molecule has 5 aromatic rings. The Morgan fingerprint density at radius 1 is 0.948 bits per heavy atom. The number of H-pyrrole nitrogens is 1. The number of carbonyl (C=O) groups excluding carboxylic acids is 2. The Kier molecular flexibility index (Phi) is 12.3. The summed E-state index contributed by atoms with van der Waals surface area (Å²) >= 11 is 1.60. The first kappa shape index (κ1) is 39.8. The minimum Gasteiger partial charge on any atom is -0.506 e. The van der Waals surface area contributed by atoms with Gasteiger partial charge in [0.15, 0.2) is 0 Å². The second kappa shape index (κ2) is 17.9. The first-order valence-electron chi connectivity index (χ1n) is 20.6. The van der Waals surface area contributed by atoms with Crippen molar-refractivity contribution >= 4 is 34.1 Å². The van der Waals surface area contributed by atoms with Gasteiger partial charge in [-0.2, -0.15) is 11.3 Å². The van der Waals surface area contributed by atoms with Crippen molar-refractivity contribution in [3.8, 4) is 22.6 Å². The van der Waals surface area contributed by atoms with E-state index < -0.39 is 11.5 Å². The van der Waals surface area contributed by atoms with Gasteiger partial charge in [0.25, 0.3) is 5.91 Å². The third-order valence-electron chi connectivity index (χ3n) is 12.4. The van der Waals surface area contributed by atoms with E-state index in [9.17, 15) is 24.6 Å². The number of esters is 1. The molecule has 6 heterocycles. The van der Waals surface area contributed by atoms with Crippen LogP contribution in [0.3, 0.4) is 0 Å². The molecule has 0 spiro atoms. The number of likely N-dealkylation sites (tertiary alicyclic amines) is 1. The number of nitrogens with one attached hydrogen (secondary N) is 2. The molecule has 1 amide bonds. The number of pyridine rings is 1. The fourth-order valence-electron chi connectivity index (χ4n) is 8.98. The van der Waals surface area contributed by atoms with Crippen molar-refractivity contribution in [2.24, 2.45) is 5.92 Å². The van der Waals surface area contributed by atoms with Gasteiger partial charge in [-0.3, -0.25) is 19.3 Å². The number of benzene rings is 3. The SMILES string of the molecule is O=C(c1ccc(OCCCCCNCC(O)c2ccc(O)c3[nH]c(=O)ccc23)c(-c2ccsc2)c1)N1CCC(C(=O)OC2CN3CCC2CC3)(c2ccccc2)CC1. The number of phenols is 1. The molecule has 4 aliphatic rings. The number of carbonyl (C=O) groups is 2. The topological polar surface area (TPSA) is 144 Å². The highest BCUT2D eigenvalue weighted by molar-refractivity contribution is 7.08. The van der Waals surface area contributed by atoms with Crippen LogP contribution in [0.4, 0.5) is 0 Å². The summed E-state index contributed by atoms with van der Waals surface area (Å²) in [5.41, 5.74) is 3.30. The number of fused-ring (bicyclic) bond motifs is 4. The lowest BCUT2D eigenvalue weighted by molar-refractivity contribution is -0.167. The average Bonchev–Trinajstić information content (AvgIpc) is 3.81. The summed E-state index contributed by atoms with van der Waals surface area (Å²) in [6.45, 7) is 5.47. The number of aromatic amines is 1. The number of hydrogen-bond donors (Lipinski definition) is 4. The second-order valence-electron chi connectivity index (χ2n) is 16.0. The summed E-state index contributed by atoms with van der Waals surface area (Å²) in [6.07, 6.45) is 4.96. The van der Waals surface area contributed by atoms with Gasteiger partial charge in [0.05, 0.1) is 23.6 Å². The molecule has 3 aromatic carbocycles. The standard InChI is InChI=1S/C46H52N4O7S/c51-38-12-10-35(36-11-14-42(53)48-43(36)38)39(52)28-47-20-5-2-6-25-56-40-13-9-32(27-37(40)33-17-26-58-30-33)44(54)50-23-18-46(19-24-50,34-7-3-1-4-8-34)45(55)57-41-29-49-21-15-31(41)16-22-49/h1,3-4,7-14,17,26-27,30-31,39,41,47,51-52H,2,5-6,15-16,18-25,28-29H2,(H,48,53). The van der Waals surface area contributed by atoms with Crippen LogP contribution in [0.5, 0.6) is 11.5 Å². The maximum absolute atomic E-state index is 14.1. The number of aliphatic hydroxyl groups is 1. The molecule has 9 rings (SSSR count).